The minimum absolute atomic E-state index is 0.0768. The minimum atomic E-state index is -2.20. The summed E-state index contributed by atoms with van der Waals surface area (Å²) in [6.07, 6.45) is 0. The molecular formula is C26H20N6Si2. The number of hydrogen-bond acceptors (Lipinski definition) is 6. The van der Waals surface area contributed by atoms with E-state index in [-0.39, 0.29) is 11.1 Å². The van der Waals surface area contributed by atoms with Crippen molar-refractivity contribution < 1.29 is 0 Å². The van der Waals surface area contributed by atoms with E-state index >= 15 is 0 Å². The highest BCUT2D eigenvalue weighted by Crippen LogP contribution is 2.53. The van der Waals surface area contributed by atoms with Gasteiger partial charge >= 0.3 is 0 Å². The molecule has 162 valence electrons. The Morgan fingerprint density at radius 2 is 0.824 bits per heavy atom. The summed E-state index contributed by atoms with van der Waals surface area (Å²) in [5, 5.41) is 60.6. The first-order valence-corrected chi connectivity index (χ1v) is 17.5. The lowest BCUT2D eigenvalue weighted by atomic mass is 9.92. The summed E-state index contributed by atoms with van der Waals surface area (Å²) in [4.78, 5) is 0. The zero-order valence-electron chi connectivity index (χ0n) is 19.8. The highest BCUT2D eigenvalue weighted by Gasteiger charge is 2.41. The molecule has 0 aliphatic heterocycles. The monoisotopic (exact) mass is 472 g/mol. The van der Waals surface area contributed by atoms with Gasteiger partial charge in [0.1, 0.15) is 35.4 Å². The Labute approximate surface area is 201 Å². The summed E-state index contributed by atoms with van der Waals surface area (Å²) in [6, 6.07) is 16.0. The Balaban J connectivity index is 2.63. The maximum absolute atomic E-state index is 10.1. The maximum atomic E-state index is 10.1. The molecule has 8 heteroatoms. The fourth-order valence-electron chi connectivity index (χ4n) is 4.74. The van der Waals surface area contributed by atoms with Crippen molar-refractivity contribution in [3.05, 3.63) is 55.9 Å². The van der Waals surface area contributed by atoms with E-state index in [4.69, 9.17) is 0 Å². The molecular weight excluding hydrogens is 453 g/mol. The van der Waals surface area contributed by atoms with E-state index in [0.29, 0.717) is 44.5 Å². The fourth-order valence-corrected chi connectivity index (χ4v) is 8.64. The van der Waals surface area contributed by atoms with E-state index in [1.54, 1.807) is 12.1 Å². The smallest absolute Gasteiger partial charge is 0.137 e. The minimum Gasteiger partial charge on any atom is -0.192 e. The molecule has 0 radical (unpaired) electrons. The van der Waals surface area contributed by atoms with Gasteiger partial charge in [-0.3, -0.25) is 0 Å². The van der Waals surface area contributed by atoms with Gasteiger partial charge in [-0.1, -0.05) is 39.3 Å². The van der Waals surface area contributed by atoms with Crippen LogP contribution in [-0.4, -0.2) is 16.1 Å². The van der Waals surface area contributed by atoms with Gasteiger partial charge < -0.3 is 0 Å². The second kappa shape index (κ2) is 8.16. The quantitative estimate of drug-likeness (QED) is 0.403. The van der Waals surface area contributed by atoms with Gasteiger partial charge in [0.2, 0.25) is 0 Å². The van der Waals surface area contributed by atoms with Gasteiger partial charge in [0, 0.05) is 22.3 Å². The number of allylic oxidation sites excluding steroid dienone is 8. The lowest BCUT2D eigenvalue weighted by molar-refractivity contribution is 1.44. The van der Waals surface area contributed by atoms with Gasteiger partial charge in [0.15, 0.2) is 0 Å². The first kappa shape index (κ1) is 24.2. The van der Waals surface area contributed by atoms with Gasteiger partial charge in [-0.15, -0.1) is 0 Å². The topological polar surface area (TPSA) is 143 Å². The van der Waals surface area contributed by atoms with E-state index in [1.165, 1.54) is 0 Å². The molecule has 1 aromatic carbocycles. The Morgan fingerprint density at radius 1 is 0.529 bits per heavy atom. The van der Waals surface area contributed by atoms with Crippen LogP contribution >= 0.6 is 0 Å². The van der Waals surface area contributed by atoms with Crippen LogP contribution in [0.1, 0.15) is 22.3 Å². The van der Waals surface area contributed by atoms with Crippen LogP contribution in [0, 0.1) is 68.0 Å². The van der Waals surface area contributed by atoms with Gasteiger partial charge in [-0.2, -0.15) is 31.6 Å². The van der Waals surface area contributed by atoms with E-state index in [2.05, 4.69) is 12.1 Å². The largest absolute Gasteiger partial charge is 0.192 e. The highest BCUT2D eigenvalue weighted by molar-refractivity contribution is 6.87. The Bertz CT molecular complexity index is 1410. The number of benzene rings is 1. The van der Waals surface area contributed by atoms with E-state index < -0.39 is 16.1 Å². The van der Waals surface area contributed by atoms with E-state index in [1.807, 2.05) is 63.6 Å². The van der Waals surface area contributed by atoms with Crippen LogP contribution in [0.15, 0.2) is 33.7 Å². The summed E-state index contributed by atoms with van der Waals surface area (Å²) >= 11 is 0. The van der Waals surface area contributed by atoms with E-state index in [9.17, 15) is 31.6 Å². The Kier molecular flexibility index (Phi) is 5.81. The molecule has 0 saturated carbocycles. The standard InChI is InChI=1S/C26H20N6Si2/c1-33(2,3)25-21(13-31)17-7-18-20(8-19(17)23(25)15(9-27)10-28)24(16(11-29)12-30)26(22(18)14-32)34(4,5)6/h7-8H,1-6H3. The molecule has 34 heavy (non-hydrogen) atoms. The average Bonchev–Trinajstić information content (AvgIpc) is 3.27. The Morgan fingerprint density at radius 3 is 1.06 bits per heavy atom. The van der Waals surface area contributed by atoms with Gasteiger partial charge in [0.05, 0.1) is 39.4 Å². The molecule has 0 N–H and O–H groups in total. The van der Waals surface area contributed by atoms with Crippen molar-refractivity contribution in [1.29, 1.82) is 31.6 Å². The lowest BCUT2D eigenvalue weighted by Gasteiger charge is -2.21. The van der Waals surface area contributed by atoms with E-state index in [0.717, 1.165) is 10.4 Å². The summed E-state index contributed by atoms with van der Waals surface area (Å²) in [5.41, 5.74) is 3.87. The summed E-state index contributed by atoms with van der Waals surface area (Å²) in [5.74, 6) is 0. The van der Waals surface area contributed by atoms with Crippen molar-refractivity contribution in [2.75, 3.05) is 0 Å². The number of hydrogen-bond donors (Lipinski definition) is 0. The first-order chi connectivity index (χ1) is 15.9. The molecule has 1 aromatic rings. The molecule has 0 saturated heterocycles. The SMILES string of the molecule is C[Si](C)(C)C1=C(C#N)c2cc3c(cc2C1=C(C#N)C#N)C(=C(C#N)C#N)C([Si](C)(C)C)=C3C#N. The predicted octanol–water partition coefficient (Wildman–Crippen LogP) is 5.62. The molecule has 3 rings (SSSR count). The zero-order valence-corrected chi connectivity index (χ0v) is 21.8. The zero-order chi connectivity index (χ0) is 25.6. The van der Waals surface area contributed by atoms with Crippen molar-refractivity contribution >= 4 is 38.4 Å². The summed E-state index contributed by atoms with van der Waals surface area (Å²) in [7, 11) is -4.40. The first-order valence-electron chi connectivity index (χ1n) is 10.5. The van der Waals surface area contributed by atoms with Crippen LogP contribution in [0.5, 0.6) is 0 Å². The molecule has 0 bridgehead atoms. The number of fused-ring (bicyclic) bond motifs is 2. The molecule has 2 aliphatic carbocycles. The molecule has 2 aliphatic rings. The summed E-state index contributed by atoms with van der Waals surface area (Å²) in [6.45, 7) is 12.3. The van der Waals surface area contributed by atoms with Crippen LogP contribution < -0.4 is 0 Å². The molecule has 0 fully saturated rings. The van der Waals surface area contributed by atoms with Crippen molar-refractivity contribution in [3.8, 4) is 36.4 Å². The van der Waals surface area contributed by atoms with Crippen molar-refractivity contribution in [2.24, 2.45) is 0 Å². The third kappa shape index (κ3) is 3.40. The highest BCUT2D eigenvalue weighted by atomic mass is 28.3. The van der Waals surface area contributed by atoms with Crippen LogP contribution in [0.3, 0.4) is 0 Å². The van der Waals surface area contributed by atoms with Gasteiger partial charge in [0.25, 0.3) is 0 Å². The fraction of sp³-hybridized carbons (Fsp3) is 0.231. The molecule has 0 atom stereocenters. The van der Waals surface area contributed by atoms with Crippen molar-refractivity contribution in [1.82, 2.24) is 0 Å². The maximum Gasteiger partial charge on any atom is 0.137 e. The van der Waals surface area contributed by atoms with Gasteiger partial charge in [-0.05, 0) is 33.7 Å². The van der Waals surface area contributed by atoms with Crippen molar-refractivity contribution in [3.63, 3.8) is 0 Å². The van der Waals surface area contributed by atoms with Crippen LogP contribution in [0.4, 0.5) is 0 Å². The molecule has 0 heterocycles. The van der Waals surface area contributed by atoms with Crippen molar-refractivity contribution in [2.45, 2.75) is 39.3 Å². The lowest BCUT2D eigenvalue weighted by Crippen LogP contribution is -2.25. The van der Waals surface area contributed by atoms with Crippen LogP contribution in [0.2, 0.25) is 39.3 Å². The second-order valence-electron chi connectivity index (χ2n) is 10.1. The average molecular weight is 473 g/mol. The number of rotatable bonds is 2. The third-order valence-electron chi connectivity index (χ3n) is 5.91. The normalized spacial score (nSPS) is 14.2. The third-order valence-corrected chi connectivity index (χ3v) is 9.91. The molecule has 0 aromatic heterocycles. The molecule has 0 spiro atoms. The molecule has 6 nitrogen and oxygen atoms in total. The molecule has 0 unspecified atom stereocenters. The van der Waals surface area contributed by atoms with Gasteiger partial charge in [-0.25, -0.2) is 0 Å². The molecule has 0 amide bonds. The van der Waals surface area contributed by atoms with Crippen LogP contribution in [-0.2, 0) is 0 Å². The number of nitrogens with zero attached hydrogens (tertiary/aromatic N) is 6. The summed E-state index contributed by atoms with van der Waals surface area (Å²) < 4.78 is 0. The second-order valence-corrected chi connectivity index (χ2v) is 20.1. The van der Waals surface area contributed by atoms with Crippen LogP contribution in [0.25, 0.3) is 22.3 Å². The predicted molar refractivity (Wildman–Crippen MR) is 134 cm³/mol. The number of nitriles is 6. The Hall–Kier alpha value is -4.45.